The number of anilines is 1. The highest BCUT2D eigenvalue weighted by atomic mass is 79.9. The molecule has 1 aromatic rings. The quantitative estimate of drug-likeness (QED) is 0.840. The first kappa shape index (κ1) is 13.6. The molecule has 92 valence electrons. The van der Waals surface area contributed by atoms with Gasteiger partial charge in [-0.25, -0.2) is 4.39 Å². The zero-order valence-electron chi connectivity index (χ0n) is 9.22. The Balaban J connectivity index is 2.64. The van der Waals surface area contributed by atoms with Crippen LogP contribution < -0.4 is 10.6 Å². The third kappa shape index (κ3) is 4.14. The summed E-state index contributed by atoms with van der Waals surface area (Å²) < 4.78 is 13.9. The molecule has 4 nitrogen and oxygen atoms in total. The summed E-state index contributed by atoms with van der Waals surface area (Å²) in [6.45, 7) is 2.28. The Morgan fingerprint density at radius 3 is 2.65 bits per heavy atom. The Kier molecular flexibility index (Phi) is 5.09. The minimum absolute atomic E-state index is 0.0233. The van der Waals surface area contributed by atoms with E-state index in [0.29, 0.717) is 11.0 Å². The van der Waals surface area contributed by atoms with Crippen molar-refractivity contribution in [2.24, 2.45) is 0 Å². The third-order valence-electron chi connectivity index (χ3n) is 1.92. The van der Waals surface area contributed by atoms with E-state index in [2.05, 4.69) is 26.6 Å². The van der Waals surface area contributed by atoms with E-state index < -0.39 is 17.6 Å². The normalized spacial score (nSPS) is 9.82. The second-order valence-electron chi connectivity index (χ2n) is 3.33. The maximum absolute atomic E-state index is 13.3. The molecule has 0 aromatic heterocycles. The van der Waals surface area contributed by atoms with Crippen molar-refractivity contribution in [1.82, 2.24) is 5.32 Å². The second-order valence-corrected chi connectivity index (χ2v) is 4.25. The predicted molar refractivity (Wildman–Crippen MR) is 66.0 cm³/mol. The first-order valence-electron chi connectivity index (χ1n) is 5.08. The van der Waals surface area contributed by atoms with Crippen LogP contribution in [0, 0.1) is 5.82 Å². The molecule has 1 aromatic carbocycles. The monoisotopic (exact) mass is 302 g/mol. The van der Waals surface area contributed by atoms with Gasteiger partial charge >= 0.3 is 11.8 Å². The number of rotatable bonds is 3. The SMILES string of the molecule is CCCNC(=O)C(=O)Nc1ccc(Br)cc1F. The van der Waals surface area contributed by atoms with E-state index in [9.17, 15) is 14.0 Å². The number of carbonyl (C=O) groups is 2. The van der Waals surface area contributed by atoms with Crippen molar-refractivity contribution >= 4 is 33.4 Å². The highest BCUT2D eigenvalue weighted by molar-refractivity contribution is 9.10. The Morgan fingerprint density at radius 2 is 2.06 bits per heavy atom. The van der Waals surface area contributed by atoms with Crippen LogP contribution in [0.15, 0.2) is 22.7 Å². The number of halogens is 2. The van der Waals surface area contributed by atoms with Crippen LogP contribution in [0.2, 0.25) is 0 Å². The Hall–Kier alpha value is -1.43. The van der Waals surface area contributed by atoms with Crippen molar-refractivity contribution < 1.29 is 14.0 Å². The summed E-state index contributed by atoms with van der Waals surface area (Å²) in [6.07, 6.45) is 0.728. The van der Waals surface area contributed by atoms with Crippen molar-refractivity contribution in [3.05, 3.63) is 28.5 Å². The van der Waals surface area contributed by atoms with Crippen molar-refractivity contribution in [2.45, 2.75) is 13.3 Å². The maximum Gasteiger partial charge on any atom is 0.313 e. The van der Waals surface area contributed by atoms with E-state index in [-0.39, 0.29) is 5.69 Å². The molecule has 0 heterocycles. The lowest BCUT2D eigenvalue weighted by atomic mass is 10.3. The Bertz CT molecular complexity index is 437. The summed E-state index contributed by atoms with van der Waals surface area (Å²) in [5, 5.41) is 4.60. The number of benzene rings is 1. The summed E-state index contributed by atoms with van der Waals surface area (Å²) in [5.41, 5.74) is -0.0233. The van der Waals surface area contributed by atoms with Crippen LogP contribution in [0.1, 0.15) is 13.3 Å². The molecule has 0 fully saturated rings. The average Bonchev–Trinajstić information content (AvgIpc) is 2.29. The van der Waals surface area contributed by atoms with Gasteiger partial charge in [-0.05, 0) is 24.6 Å². The smallest absolute Gasteiger partial charge is 0.313 e. The summed E-state index contributed by atoms with van der Waals surface area (Å²) in [6, 6.07) is 4.16. The molecular weight excluding hydrogens is 291 g/mol. The van der Waals surface area contributed by atoms with Crippen LogP contribution >= 0.6 is 15.9 Å². The molecule has 17 heavy (non-hydrogen) atoms. The van der Waals surface area contributed by atoms with Gasteiger partial charge in [0.2, 0.25) is 0 Å². The van der Waals surface area contributed by atoms with Crippen LogP contribution in [0.5, 0.6) is 0 Å². The molecule has 0 atom stereocenters. The molecule has 6 heteroatoms. The van der Waals surface area contributed by atoms with Gasteiger partial charge in [0.25, 0.3) is 0 Å². The number of hydrogen-bond donors (Lipinski definition) is 2. The molecule has 2 amide bonds. The standard InChI is InChI=1S/C11H12BrFN2O2/c1-2-5-14-10(16)11(17)15-9-4-3-7(12)6-8(9)13/h3-4,6H,2,5H2,1H3,(H,14,16)(H,15,17). The summed E-state index contributed by atoms with van der Waals surface area (Å²) in [4.78, 5) is 22.6. The minimum Gasteiger partial charge on any atom is -0.348 e. The van der Waals surface area contributed by atoms with Gasteiger partial charge in [-0.3, -0.25) is 9.59 Å². The van der Waals surface area contributed by atoms with Gasteiger partial charge in [0.15, 0.2) is 0 Å². The van der Waals surface area contributed by atoms with Gasteiger partial charge in [0, 0.05) is 11.0 Å². The van der Waals surface area contributed by atoms with Crippen molar-refractivity contribution in [3.63, 3.8) is 0 Å². The third-order valence-corrected chi connectivity index (χ3v) is 2.41. The summed E-state index contributed by atoms with van der Waals surface area (Å²) >= 11 is 3.09. The zero-order valence-corrected chi connectivity index (χ0v) is 10.8. The zero-order chi connectivity index (χ0) is 12.8. The van der Waals surface area contributed by atoms with Gasteiger partial charge in [-0.15, -0.1) is 0 Å². The fourth-order valence-corrected chi connectivity index (χ4v) is 1.42. The van der Waals surface area contributed by atoms with Gasteiger partial charge < -0.3 is 10.6 Å². The van der Waals surface area contributed by atoms with Crippen molar-refractivity contribution in [1.29, 1.82) is 0 Å². The Labute approximate surface area is 107 Å². The summed E-state index contributed by atoms with van der Waals surface area (Å²) in [5.74, 6) is -2.25. The van der Waals surface area contributed by atoms with Gasteiger partial charge in [0.1, 0.15) is 5.82 Å². The fourth-order valence-electron chi connectivity index (χ4n) is 1.09. The molecule has 0 unspecified atom stereocenters. The minimum atomic E-state index is -0.875. The number of amides is 2. The van der Waals surface area contributed by atoms with Gasteiger partial charge in [-0.2, -0.15) is 0 Å². The van der Waals surface area contributed by atoms with E-state index in [1.807, 2.05) is 6.92 Å². The lowest BCUT2D eigenvalue weighted by Gasteiger charge is -2.06. The van der Waals surface area contributed by atoms with Crippen LogP contribution in [0.25, 0.3) is 0 Å². The highest BCUT2D eigenvalue weighted by Gasteiger charge is 2.14. The van der Waals surface area contributed by atoms with Gasteiger partial charge in [0.05, 0.1) is 5.69 Å². The summed E-state index contributed by atoms with van der Waals surface area (Å²) in [7, 11) is 0. The molecule has 0 saturated carbocycles. The van der Waals surface area contributed by atoms with E-state index in [0.717, 1.165) is 6.42 Å². The first-order chi connectivity index (χ1) is 8.04. The lowest BCUT2D eigenvalue weighted by Crippen LogP contribution is -2.35. The second kappa shape index (κ2) is 6.34. The van der Waals surface area contributed by atoms with Crippen molar-refractivity contribution in [2.75, 3.05) is 11.9 Å². The molecular formula is C11H12BrFN2O2. The number of hydrogen-bond acceptors (Lipinski definition) is 2. The topological polar surface area (TPSA) is 58.2 Å². The van der Waals surface area contributed by atoms with Crippen LogP contribution in [-0.2, 0) is 9.59 Å². The molecule has 0 radical (unpaired) electrons. The van der Waals surface area contributed by atoms with Crippen LogP contribution in [0.3, 0.4) is 0 Å². The van der Waals surface area contributed by atoms with Crippen LogP contribution in [-0.4, -0.2) is 18.4 Å². The van der Waals surface area contributed by atoms with Crippen molar-refractivity contribution in [3.8, 4) is 0 Å². The number of carbonyl (C=O) groups excluding carboxylic acids is 2. The average molecular weight is 303 g/mol. The molecule has 0 aliphatic carbocycles. The molecule has 0 aliphatic heterocycles. The van der Waals surface area contributed by atoms with E-state index in [1.54, 1.807) is 6.07 Å². The maximum atomic E-state index is 13.3. The molecule has 0 saturated heterocycles. The molecule has 2 N–H and O–H groups in total. The van der Waals surface area contributed by atoms with Crippen LogP contribution in [0.4, 0.5) is 10.1 Å². The fraction of sp³-hybridized carbons (Fsp3) is 0.273. The molecule has 0 bridgehead atoms. The molecule has 0 spiro atoms. The first-order valence-corrected chi connectivity index (χ1v) is 5.88. The predicted octanol–water partition coefficient (Wildman–Crippen LogP) is 2.05. The highest BCUT2D eigenvalue weighted by Crippen LogP contribution is 2.19. The molecule has 1 rings (SSSR count). The lowest BCUT2D eigenvalue weighted by molar-refractivity contribution is -0.136. The Morgan fingerprint density at radius 1 is 1.35 bits per heavy atom. The van der Waals surface area contributed by atoms with E-state index in [1.165, 1.54) is 12.1 Å². The van der Waals surface area contributed by atoms with E-state index in [4.69, 9.17) is 0 Å². The number of nitrogens with one attached hydrogen (secondary N) is 2. The van der Waals surface area contributed by atoms with Gasteiger partial charge in [-0.1, -0.05) is 22.9 Å². The van der Waals surface area contributed by atoms with E-state index >= 15 is 0 Å². The molecule has 0 aliphatic rings. The largest absolute Gasteiger partial charge is 0.348 e.